The highest BCUT2D eigenvalue weighted by Gasteiger charge is 2.12. The molecule has 0 spiro atoms. The van der Waals surface area contributed by atoms with Crippen LogP contribution in [0.3, 0.4) is 0 Å². The van der Waals surface area contributed by atoms with Crippen molar-refractivity contribution in [2.75, 3.05) is 0 Å². The molecule has 0 amide bonds. The van der Waals surface area contributed by atoms with E-state index in [1.807, 2.05) is 31.6 Å². The van der Waals surface area contributed by atoms with Gasteiger partial charge < -0.3 is 5.32 Å². The Bertz CT molecular complexity index is 856. The van der Waals surface area contributed by atoms with Gasteiger partial charge in [-0.05, 0) is 55.7 Å². The molecule has 2 heterocycles. The summed E-state index contributed by atoms with van der Waals surface area (Å²) < 4.78 is 15.1. The van der Waals surface area contributed by atoms with Gasteiger partial charge in [-0.3, -0.25) is 4.98 Å². The smallest absolute Gasteiger partial charge is 0.125 e. The second-order valence-corrected chi connectivity index (χ2v) is 6.19. The fourth-order valence-corrected chi connectivity index (χ4v) is 2.95. The zero-order chi connectivity index (χ0) is 17.8. The molecule has 3 aromatic rings. The third-order valence-electron chi connectivity index (χ3n) is 4.46. The van der Waals surface area contributed by atoms with Gasteiger partial charge in [0.25, 0.3) is 0 Å². The van der Waals surface area contributed by atoms with Gasteiger partial charge in [0.2, 0.25) is 0 Å². The summed E-state index contributed by atoms with van der Waals surface area (Å²) in [5.41, 5.74) is 5.30. The molecular formula is C20H23FN4. The van der Waals surface area contributed by atoms with Crippen LogP contribution < -0.4 is 5.32 Å². The number of benzene rings is 1. The van der Waals surface area contributed by atoms with Gasteiger partial charge in [-0.2, -0.15) is 5.10 Å². The van der Waals surface area contributed by atoms with Crippen molar-refractivity contribution in [3.8, 4) is 5.69 Å². The highest BCUT2D eigenvalue weighted by Crippen LogP contribution is 2.19. The van der Waals surface area contributed by atoms with Crippen LogP contribution in [-0.4, -0.2) is 14.8 Å². The van der Waals surface area contributed by atoms with E-state index in [0.29, 0.717) is 6.54 Å². The average Bonchev–Trinajstić information content (AvgIpc) is 3.00. The fourth-order valence-electron chi connectivity index (χ4n) is 2.95. The van der Waals surface area contributed by atoms with Crippen LogP contribution in [0.5, 0.6) is 0 Å². The molecule has 3 rings (SSSR count). The molecule has 0 aliphatic heterocycles. The molecule has 4 nitrogen and oxygen atoms in total. The summed E-state index contributed by atoms with van der Waals surface area (Å²) in [5.74, 6) is -0.260. The predicted octanol–water partition coefficient (Wildman–Crippen LogP) is 4.13. The maximum atomic E-state index is 13.4. The van der Waals surface area contributed by atoms with Crippen molar-refractivity contribution in [2.45, 2.75) is 39.8 Å². The third-order valence-corrected chi connectivity index (χ3v) is 4.46. The summed E-state index contributed by atoms with van der Waals surface area (Å²) in [6, 6.07) is 8.74. The van der Waals surface area contributed by atoms with E-state index < -0.39 is 0 Å². The number of aromatic nitrogens is 3. The van der Waals surface area contributed by atoms with E-state index in [2.05, 4.69) is 35.3 Å². The summed E-state index contributed by atoms with van der Waals surface area (Å²) in [6.45, 7) is 6.97. The zero-order valence-corrected chi connectivity index (χ0v) is 14.8. The minimum atomic E-state index is -0.260. The number of hydrogen-bond acceptors (Lipinski definition) is 3. The van der Waals surface area contributed by atoms with Gasteiger partial charge in [0.1, 0.15) is 5.82 Å². The van der Waals surface area contributed by atoms with Gasteiger partial charge in [0.05, 0.1) is 11.4 Å². The first-order valence-electron chi connectivity index (χ1n) is 8.55. The van der Waals surface area contributed by atoms with Gasteiger partial charge in [0.15, 0.2) is 0 Å². The molecule has 0 saturated heterocycles. The molecule has 0 bridgehead atoms. The molecule has 0 aliphatic rings. The number of rotatable bonds is 6. The minimum Gasteiger partial charge on any atom is -0.306 e. The lowest BCUT2D eigenvalue weighted by atomic mass is 10.0. The molecule has 5 heteroatoms. The lowest BCUT2D eigenvalue weighted by Crippen LogP contribution is -2.19. The topological polar surface area (TPSA) is 42.7 Å². The Morgan fingerprint density at radius 2 is 2.08 bits per heavy atom. The van der Waals surface area contributed by atoms with Gasteiger partial charge in [-0.25, -0.2) is 9.07 Å². The van der Waals surface area contributed by atoms with Crippen LogP contribution in [0.2, 0.25) is 0 Å². The number of hydrogen-bond donors (Lipinski definition) is 1. The van der Waals surface area contributed by atoms with Crippen molar-refractivity contribution in [3.63, 3.8) is 0 Å². The molecule has 1 N–H and O–H groups in total. The monoisotopic (exact) mass is 338 g/mol. The van der Waals surface area contributed by atoms with Crippen molar-refractivity contribution in [2.24, 2.45) is 0 Å². The van der Waals surface area contributed by atoms with Gasteiger partial charge in [-0.15, -0.1) is 0 Å². The summed E-state index contributed by atoms with van der Waals surface area (Å²) in [7, 11) is 0. The molecule has 0 saturated carbocycles. The van der Waals surface area contributed by atoms with Crippen molar-refractivity contribution in [1.29, 1.82) is 0 Å². The van der Waals surface area contributed by atoms with Crippen LogP contribution in [0.15, 0.2) is 48.9 Å². The number of aryl methyl sites for hydroxylation is 2. The summed E-state index contributed by atoms with van der Waals surface area (Å²) in [5, 5.41) is 8.06. The summed E-state index contributed by atoms with van der Waals surface area (Å²) >= 11 is 0. The predicted molar refractivity (Wildman–Crippen MR) is 97.1 cm³/mol. The maximum absolute atomic E-state index is 13.4. The second kappa shape index (κ2) is 7.57. The highest BCUT2D eigenvalue weighted by molar-refractivity contribution is 5.33. The first-order chi connectivity index (χ1) is 12.1. The van der Waals surface area contributed by atoms with Crippen LogP contribution in [0.4, 0.5) is 4.39 Å². The Labute approximate surface area is 147 Å². The van der Waals surface area contributed by atoms with E-state index >= 15 is 0 Å². The first-order valence-corrected chi connectivity index (χ1v) is 8.55. The van der Waals surface area contributed by atoms with Crippen molar-refractivity contribution in [1.82, 2.24) is 20.1 Å². The van der Waals surface area contributed by atoms with Crippen LogP contribution in [0.25, 0.3) is 5.69 Å². The zero-order valence-electron chi connectivity index (χ0n) is 14.8. The van der Waals surface area contributed by atoms with Crippen molar-refractivity contribution in [3.05, 3.63) is 77.1 Å². The second-order valence-electron chi connectivity index (χ2n) is 6.19. The number of nitrogens with one attached hydrogen (secondary N) is 1. The highest BCUT2D eigenvalue weighted by atomic mass is 19.1. The van der Waals surface area contributed by atoms with E-state index in [1.165, 1.54) is 23.3 Å². The summed E-state index contributed by atoms with van der Waals surface area (Å²) in [4.78, 5) is 4.20. The molecule has 0 aliphatic carbocycles. The quantitative estimate of drug-likeness (QED) is 0.735. The largest absolute Gasteiger partial charge is 0.306 e. The molecule has 1 unspecified atom stereocenters. The standard InChI is InChI=1S/C20H23FN4/c1-4-16-11-22-9-8-20(16)15(3)23-12-17-13-25(24-14(17)2)19-7-5-6-18(21)10-19/h5-11,13,15,23H,4,12H2,1-3H3. The SMILES string of the molecule is CCc1cnccc1C(C)NCc1cn(-c2cccc(F)c2)nc1C. The van der Waals surface area contributed by atoms with Crippen LogP contribution >= 0.6 is 0 Å². The van der Waals surface area contributed by atoms with Gasteiger partial charge >= 0.3 is 0 Å². The molecule has 1 atom stereocenters. The minimum absolute atomic E-state index is 0.217. The Morgan fingerprint density at radius 3 is 2.84 bits per heavy atom. The Kier molecular flexibility index (Phi) is 5.24. The average molecular weight is 338 g/mol. The maximum Gasteiger partial charge on any atom is 0.125 e. The van der Waals surface area contributed by atoms with E-state index in [0.717, 1.165) is 23.4 Å². The summed E-state index contributed by atoms with van der Waals surface area (Å²) in [6.07, 6.45) is 6.68. The Hall–Kier alpha value is -2.53. The fraction of sp³-hybridized carbons (Fsp3) is 0.300. The molecule has 2 aromatic heterocycles. The number of halogens is 1. The number of pyridine rings is 1. The lowest BCUT2D eigenvalue weighted by Gasteiger charge is -2.17. The van der Waals surface area contributed by atoms with Gasteiger partial charge in [-0.1, -0.05) is 13.0 Å². The number of nitrogens with zero attached hydrogens (tertiary/aromatic N) is 3. The molecule has 25 heavy (non-hydrogen) atoms. The van der Waals surface area contributed by atoms with E-state index in [9.17, 15) is 4.39 Å². The van der Waals surface area contributed by atoms with E-state index in [1.54, 1.807) is 10.7 Å². The van der Waals surface area contributed by atoms with Gasteiger partial charge in [0, 0.05) is 36.7 Å². The third kappa shape index (κ3) is 3.94. The van der Waals surface area contributed by atoms with E-state index in [4.69, 9.17) is 0 Å². The Morgan fingerprint density at radius 1 is 1.24 bits per heavy atom. The van der Waals surface area contributed by atoms with E-state index in [-0.39, 0.29) is 11.9 Å². The molecule has 0 fully saturated rings. The molecule has 0 radical (unpaired) electrons. The normalized spacial score (nSPS) is 12.3. The Balaban J connectivity index is 1.73. The molecule has 1 aromatic carbocycles. The van der Waals surface area contributed by atoms with Crippen LogP contribution in [0, 0.1) is 12.7 Å². The molecular weight excluding hydrogens is 315 g/mol. The first kappa shape index (κ1) is 17.3. The van der Waals surface area contributed by atoms with Crippen LogP contribution in [-0.2, 0) is 13.0 Å². The molecule has 130 valence electrons. The van der Waals surface area contributed by atoms with Crippen molar-refractivity contribution >= 4 is 0 Å². The lowest BCUT2D eigenvalue weighted by molar-refractivity contribution is 0.568. The van der Waals surface area contributed by atoms with Crippen molar-refractivity contribution < 1.29 is 4.39 Å². The van der Waals surface area contributed by atoms with Crippen LogP contribution in [0.1, 0.15) is 42.3 Å².